The first-order valence-corrected chi connectivity index (χ1v) is 24.5. The highest BCUT2D eigenvalue weighted by atomic mass is 32.2. The molecule has 0 spiro atoms. The lowest BCUT2D eigenvalue weighted by atomic mass is 10.0. The number of H-pyrrole nitrogens is 1. The molecular weight excluding hydrogens is 941 g/mol. The molecule has 0 unspecified atom stereocenters. The minimum Gasteiger partial charge on any atom is -0.497 e. The lowest BCUT2D eigenvalue weighted by Gasteiger charge is -2.19. The Kier molecular flexibility index (Phi) is 15.7. The van der Waals surface area contributed by atoms with Gasteiger partial charge < -0.3 is 44.6 Å². The van der Waals surface area contributed by atoms with Crippen LogP contribution in [-0.4, -0.2) is 75.5 Å². The van der Waals surface area contributed by atoms with E-state index in [-0.39, 0.29) is 45.5 Å². The van der Waals surface area contributed by atoms with Crippen molar-refractivity contribution in [3.8, 4) is 17.2 Å². The van der Waals surface area contributed by atoms with E-state index in [1.807, 2.05) is 66.7 Å². The van der Waals surface area contributed by atoms with Crippen molar-refractivity contribution >= 4 is 67.7 Å². The number of aromatic amines is 1. The Labute approximate surface area is 416 Å². The van der Waals surface area contributed by atoms with Gasteiger partial charge in [-0.3, -0.25) is 19.4 Å². The molecule has 0 saturated carbocycles. The zero-order valence-electron chi connectivity index (χ0n) is 39.2. The predicted molar refractivity (Wildman–Crippen MR) is 277 cm³/mol. The summed E-state index contributed by atoms with van der Waals surface area (Å²) in [5, 5.41) is 7.83. The van der Waals surface area contributed by atoms with Crippen molar-refractivity contribution in [3.63, 3.8) is 0 Å². The number of hydrogen-bond donors (Lipinski definition) is 5. The number of anilines is 2. The van der Waals surface area contributed by atoms with Gasteiger partial charge in [0.25, 0.3) is 11.8 Å². The number of benzene rings is 6. The number of pyridine rings is 2. The molecule has 0 aliphatic carbocycles. The fourth-order valence-electron chi connectivity index (χ4n) is 8.13. The lowest BCUT2D eigenvalue weighted by Crippen LogP contribution is -2.31. The van der Waals surface area contributed by atoms with E-state index in [9.17, 15) is 22.8 Å². The van der Waals surface area contributed by atoms with E-state index in [1.54, 1.807) is 50.4 Å². The first-order valence-electron chi connectivity index (χ1n) is 22.6. The van der Waals surface area contributed by atoms with Gasteiger partial charge in [-0.1, -0.05) is 60.7 Å². The summed E-state index contributed by atoms with van der Waals surface area (Å²) in [5.74, 6) is 0.629. The predicted octanol–water partition coefficient (Wildman–Crippen LogP) is 8.53. The number of carbonyl (C=O) groups excluding carboxylic acids is 2. The summed E-state index contributed by atoms with van der Waals surface area (Å²) in [6, 6.07) is 40.4. The van der Waals surface area contributed by atoms with Crippen LogP contribution in [0.1, 0.15) is 49.1 Å². The number of nitrogens with two attached hydrogens (primary N) is 1. The van der Waals surface area contributed by atoms with Crippen LogP contribution in [0.25, 0.3) is 21.8 Å². The van der Waals surface area contributed by atoms with E-state index < -0.39 is 21.8 Å². The van der Waals surface area contributed by atoms with Crippen LogP contribution in [0.2, 0.25) is 0 Å². The highest BCUT2D eigenvalue weighted by Crippen LogP contribution is 2.36. The second-order valence-electron chi connectivity index (χ2n) is 16.7. The van der Waals surface area contributed by atoms with Gasteiger partial charge in [-0.05, 0) is 122 Å². The molecule has 6 aromatic carbocycles. The molecule has 364 valence electrons. The maximum Gasteiger partial charge on any atom is 0.253 e. The highest BCUT2D eigenvalue weighted by Gasteiger charge is 2.24. The Morgan fingerprint density at radius 1 is 0.831 bits per heavy atom. The number of rotatable bonds is 21. The molecule has 8 aromatic rings. The molecule has 17 heteroatoms. The fourth-order valence-corrected chi connectivity index (χ4v) is 9.74. The van der Waals surface area contributed by atoms with E-state index in [4.69, 9.17) is 24.1 Å². The molecule has 8 rings (SSSR count). The van der Waals surface area contributed by atoms with Crippen LogP contribution in [0.15, 0.2) is 160 Å². The third-order valence-corrected chi connectivity index (χ3v) is 13.9. The average molecular weight is 993 g/mol. The summed E-state index contributed by atoms with van der Waals surface area (Å²) in [4.78, 5) is 47.2. The number of fused-ring (bicyclic) bond motifs is 2. The third kappa shape index (κ3) is 11.7. The zero-order chi connectivity index (χ0) is 50.1. The minimum atomic E-state index is -4.18. The molecule has 0 aliphatic heterocycles. The average Bonchev–Trinajstić information content (AvgIpc) is 3.38. The van der Waals surface area contributed by atoms with Crippen molar-refractivity contribution in [2.45, 2.75) is 35.8 Å². The van der Waals surface area contributed by atoms with Crippen molar-refractivity contribution in [1.82, 2.24) is 20.2 Å². The topological polar surface area (TPSA) is 204 Å². The number of aryl methyl sites for hydroxylation is 1. The molecule has 2 heterocycles. The third-order valence-electron chi connectivity index (χ3n) is 11.9. The molecular formula is C54H52N6O9S2. The monoisotopic (exact) mass is 992 g/mol. The van der Waals surface area contributed by atoms with Gasteiger partial charge in [0.2, 0.25) is 15.4 Å². The van der Waals surface area contributed by atoms with Crippen molar-refractivity contribution in [3.05, 3.63) is 189 Å². The van der Waals surface area contributed by atoms with Crippen molar-refractivity contribution in [1.29, 1.82) is 0 Å². The quantitative estimate of drug-likeness (QED) is 0.0261. The molecule has 2 aromatic heterocycles. The maximum absolute atomic E-state index is 14.3. The molecule has 5 N–H and O–H groups in total. The second kappa shape index (κ2) is 22.4. The van der Waals surface area contributed by atoms with Crippen LogP contribution in [-0.2, 0) is 27.0 Å². The maximum atomic E-state index is 14.3. The molecule has 71 heavy (non-hydrogen) atoms. The van der Waals surface area contributed by atoms with Gasteiger partial charge in [0.15, 0.2) is 0 Å². The Bertz CT molecular complexity index is 3390. The minimum absolute atomic E-state index is 0.0533. The fraction of sp³-hybridized carbons (Fsp3) is 0.185. The number of thiol groups is 1. The smallest absolute Gasteiger partial charge is 0.253 e. The zero-order valence-corrected chi connectivity index (χ0v) is 40.9. The first kappa shape index (κ1) is 49.7. The molecule has 15 nitrogen and oxygen atoms in total. The van der Waals surface area contributed by atoms with E-state index in [1.165, 1.54) is 54.6 Å². The summed E-state index contributed by atoms with van der Waals surface area (Å²) < 4.78 is 51.6. The normalized spacial score (nSPS) is 11.8. The largest absolute Gasteiger partial charge is 0.497 e. The summed E-state index contributed by atoms with van der Waals surface area (Å²) in [6.45, 7) is 3.62. The molecule has 1 atom stereocenters. The molecule has 0 radical (unpaired) electrons. The van der Waals surface area contributed by atoms with Crippen LogP contribution < -0.4 is 36.1 Å². The van der Waals surface area contributed by atoms with E-state index in [0.717, 1.165) is 28.5 Å². The van der Waals surface area contributed by atoms with E-state index in [0.29, 0.717) is 70.3 Å². The van der Waals surface area contributed by atoms with Crippen LogP contribution in [0.4, 0.5) is 11.4 Å². The van der Waals surface area contributed by atoms with Gasteiger partial charge in [0.05, 0.1) is 45.7 Å². The molecule has 0 fully saturated rings. The standard InChI is InChI=1S/C54H52N6O9S2/c1-34-27-42(30-45-50(34)57-31-46(53(55)62)51(45)58-38-12-8-13-40(29-38)66-3)71(64,65)41-14-7-11-37(28-41)54(63)60(2)25-26-67-39-17-15-35(16-18-39)23-24-56-32-48(69-70)43-19-21-47(52-44(43)20-22-49(61)59-52)68-33-36-9-5-4-6-10-36/h4-22,27-31,48,56,70H,23-26,32-33H2,1-3H3,(H2,55,62)(H,57,58)(H,59,61)/t48-/m0/s1. The van der Waals surface area contributed by atoms with Crippen molar-refractivity contribution in [2.75, 3.05) is 45.7 Å². The SMILES string of the molecule is COc1cccc(Nc2c(C(N)=O)cnc3c(C)cc(S(=O)(=O)c4cccc(C(=O)N(C)CCOc5ccc(CCNC[C@H](OS)c6ccc(OCc7ccccc7)c7[nH]c(=O)ccc67)cc5)c4)cc23)c1. The van der Waals surface area contributed by atoms with E-state index >= 15 is 0 Å². The number of nitrogens with one attached hydrogen (secondary N) is 3. The molecule has 0 saturated heterocycles. The van der Waals surface area contributed by atoms with Crippen LogP contribution in [0, 0.1) is 6.92 Å². The Hall–Kier alpha value is -7.70. The summed E-state index contributed by atoms with van der Waals surface area (Å²) >= 11 is 4.19. The van der Waals surface area contributed by atoms with Crippen molar-refractivity contribution in [2.24, 2.45) is 5.73 Å². The first-order chi connectivity index (χ1) is 34.3. The highest BCUT2D eigenvalue weighted by molar-refractivity contribution is 7.91. The van der Waals surface area contributed by atoms with Gasteiger partial charge >= 0.3 is 0 Å². The van der Waals surface area contributed by atoms with Crippen LogP contribution in [0.3, 0.4) is 0 Å². The van der Waals surface area contributed by atoms with Gasteiger partial charge in [0.1, 0.15) is 36.6 Å². The number of ether oxygens (including phenoxy) is 3. The second-order valence-corrected chi connectivity index (χ2v) is 18.9. The molecule has 0 aliphatic rings. The van der Waals surface area contributed by atoms with Crippen molar-refractivity contribution < 1.29 is 36.4 Å². The Morgan fingerprint density at radius 2 is 1.62 bits per heavy atom. The van der Waals surface area contributed by atoms with E-state index in [2.05, 4.69) is 33.5 Å². The number of aromatic nitrogens is 2. The number of carbonyl (C=O) groups is 2. The van der Waals surface area contributed by atoms with Gasteiger partial charge in [-0.25, -0.2) is 8.42 Å². The number of hydrogen-bond acceptors (Lipinski definition) is 13. The number of methoxy groups -OCH3 is 1. The number of likely N-dealkylation sites (N-methyl/N-ethyl adjacent to an activating group) is 1. The van der Waals surface area contributed by atoms with Crippen LogP contribution in [0.5, 0.6) is 17.2 Å². The number of sulfone groups is 1. The van der Waals surface area contributed by atoms with Crippen LogP contribution >= 0.6 is 12.9 Å². The summed E-state index contributed by atoms with van der Waals surface area (Å²) in [5.41, 5.74) is 11.2. The Morgan fingerprint density at radius 3 is 2.38 bits per heavy atom. The molecule has 0 bridgehead atoms. The number of amides is 2. The Balaban J connectivity index is 0.852. The summed E-state index contributed by atoms with van der Waals surface area (Å²) in [7, 11) is -1.02. The molecule has 2 amide bonds. The summed E-state index contributed by atoms with van der Waals surface area (Å²) in [6.07, 6.45) is 1.66. The van der Waals surface area contributed by atoms with Gasteiger partial charge in [0, 0.05) is 53.9 Å². The van der Waals surface area contributed by atoms with Gasteiger partial charge in [-0.15, -0.1) is 0 Å². The van der Waals surface area contributed by atoms with Gasteiger partial charge in [-0.2, -0.15) is 0 Å². The lowest BCUT2D eigenvalue weighted by molar-refractivity contribution is 0.0773. The number of primary amides is 1. The number of nitrogens with zero attached hydrogens (tertiary/aromatic N) is 2.